The molecule has 20 heavy (non-hydrogen) atoms. The van der Waals surface area contributed by atoms with Gasteiger partial charge in [0.05, 0.1) is 6.04 Å². The van der Waals surface area contributed by atoms with E-state index in [0.29, 0.717) is 17.2 Å². The van der Waals surface area contributed by atoms with Gasteiger partial charge in [0.2, 0.25) is 11.7 Å². The standard InChI is InChI=1S/C15H22N2O3/c1-5-9(2)13(16)14(18)17-10-6-7-11-12(8-10)20-15(3,4)19-11/h6-9,13H,5,16H2,1-4H3,(H,17,18)/t9-,13-/m0/s1. The van der Waals surface area contributed by atoms with Crippen molar-refractivity contribution in [3.8, 4) is 11.5 Å². The summed E-state index contributed by atoms with van der Waals surface area (Å²) in [4.78, 5) is 12.0. The normalized spacial score (nSPS) is 18.4. The van der Waals surface area contributed by atoms with Crippen LogP contribution in [0.15, 0.2) is 18.2 Å². The third-order valence-corrected chi connectivity index (χ3v) is 3.48. The molecule has 0 unspecified atom stereocenters. The highest BCUT2D eigenvalue weighted by Crippen LogP contribution is 2.40. The van der Waals surface area contributed by atoms with E-state index < -0.39 is 11.8 Å². The molecular formula is C15H22N2O3. The highest BCUT2D eigenvalue weighted by atomic mass is 16.7. The van der Waals surface area contributed by atoms with Gasteiger partial charge in [-0.3, -0.25) is 4.79 Å². The molecule has 3 N–H and O–H groups in total. The lowest BCUT2D eigenvalue weighted by Gasteiger charge is -2.17. The van der Waals surface area contributed by atoms with Crippen LogP contribution in [-0.2, 0) is 4.79 Å². The summed E-state index contributed by atoms with van der Waals surface area (Å²) in [7, 11) is 0. The number of rotatable bonds is 4. The van der Waals surface area contributed by atoms with Crippen LogP contribution in [0.3, 0.4) is 0 Å². The van der Waals surface area contributed by atoms with E-state index in [1.165, 1.54) is 0 Å². The van der Waals surface area contributed by atoms with Gasteiger partial charge in [-0.25, -0.2) is 0 Å². The topological polar surface area (TPSA) is 73.6 Å². The quantitative estimate of drug-likeness (QED) is 0.887. The van der Waals surface area contributed by atoms with Gasteiger partial charge < -0.3 is 20.5 Å². The van der Waals surface area contributed by atoms with Gasteiger partial charge in [0.25, 0.3) is 0 Å². The molecule has 1 aliphatic rings. The number of hydrogen-bond acceptors (Lipinski definition) is 4. The first kappa shape index (κ1) is 14.7. The number of anilines is 1. The average Bonchev–Trinajstić information content (AvgIpc) is 2.69. The molecule has 0 radical (unpaired) electrons. The van der Waals surface area contributed by atoms with Crippen LogP contribution in [-0.4, -0.2) is 17.7 Å². The highest BCUT2D eigenvalue weighted by Gasteiger charge is 2.31. The number of carbonyl (C=O) groups is 1. The molecule has 0 bridgehead atoms. The molecule has 0 spiro atoms. The summed E-state index contributed by atoms with van der Waals surface area (Å²) in [6.07, 6.45) is 0.865. The maximum atomic E-state index is 12.0. The predicted octanol–water partition coefficient (Wildman–Crippen LogP) is 2.51. The number of amides is 1. The zero-order valence-electron chi connectivity index (χ0n) is 12.4. The first-order valence-electron chi connectivity index (χ1n) is 6.91. The van der Waals surface area contributed by atoms with Crippen molar-refractivity contribution in [2.75, 3.05) is 5.32 Å². The van der Waals surface area contributed by atoms with Crippen molar-refractivity contribution in [2.24, 2.45) is 11.7 Å². The number of carbonyl (C=O) groups excluding carboxylic acids is 1. The lowest BCUT2D eigenvalue weighted by atomic mass is 9.99. The highest BCUT2D eigenvalue weighted by molar-refractivity contribution is 5.95. The molecule has 1 heterocycles. The molecule has 5 heteroatoms. The Labute approximate surface area is 119 Å². The molecule has 0 saturated carbocycles. The Morgan fingerprint density at radius 1 is 1.35 bits per heavy atom. The molecule has 0 fully saturated rings. The molecule has 2 rings (SSSR count). The van der Waals surface area contributed by atoms with Crippen LogP contribution < -0.4 is 20.5 Å². The van der Waals surface area contributed by atoms with Gasteiger partial charge in [-0.05, 0) is 18.1 Å². The lowest BCUT2D eigenvalue weighted by molar-refractivity contribution is -0.118. The summed E-state index contributed by atoms with van der Waals surface area (Å²) in [6.45, 7) is 7.65. The van der Waals surface area contributed by atoms with E-state index in [1.54, 1.807) is 18.2 Å². The van der Waals surface area contributed by atoms with Gasteiger partial charge in [-0.15, -0.1) is 0 Å². The first-order chi connectivity index (χ1) is 9.32. The van der Waals surface area contributed by atoms with Crippen molar-refractivity contribution in [3.63, 3.8) is 0 Å². The fraction of sp³-hybridized carbons (Fsp3) is 0.533. The fourth-order valence-electron chi connectivity index (χ4n) is 2.04. The van der Waals surface area contributed by atoms with Gasteiger partial charge in [-0.1, -0.05) is 20.3 Å². The van der Waals surface area contributed by atoms with Gasteiger partial charge in [0.1, 0.15) is 0 Å². The van der Waals surface area contributed by atoms with Crippen molar-refractivity contribution in [3.05, 3.63) is 18.2 Å². The Morgan fingerprint density at radius 2 is 2.00 bits per heavy atom. The molecule has 1 aromatic carbocycles. The Bertz CT molecular complexity index is 514. The van der Waals surface area contributed by atoms with E-state index in [9.17, 15) is 4.79 Å². The van der Waals surface area contributed by atoms with E-state index in [4.69, 9.17) is 15.2 Å². The Kier molecular flexibility index (Phi) is 3.90. The van der Waals surface area contributed by atoms with E-state index in [2.05, 4.69) is 5.32 Å². The summed E-state index contributed by atoms with van der Waals surface area (Å²) in [5.74, 6) is 0.600. The number of nitrogens with two attached hydrogens (primary N) is 1. The molecule has 0 aliphatic carbocycles. The van der Waals surface area contributed by atoms with Crippen LogP contribution in [0.2, 0.25) is 0 Å². The van der Waals surface area contributed by atoms with Gasteiger partial charge >= 0.3 is 0 Å². The smallest absolute Gasteiger partial charge is 0.246 e. The summed E-state index contributed by atoms with van der Waals surface area (Å²) < 4.78 is 11.2. The summed E-state index contributed by atoms with van der Waals surface area (Å²) in [6, 6.07) is 4.81. The molecule has 110 valence electrons. The van der Waals surface area contributed by atoms with E-state index in [1.807, 2.05) is 27.7 Å². The van der Waals surface area contributed by atoms with Crippen molar-refractivity contribution < 1.29 is 14.3 Å². The van der Waals surface area contributed by atoms with Crippen molar-refractivity contribution >= 4 is 11.6 Å². The maximum Gasteiger partial charge on any atom is 0.246 e. The minimum atomic E-state index is -0.669. The zero-order chi connectivity index (χ0) is 14.9. The number of hydrogen-bond donors (Lipinski definition) is 2. The van der Waals surface area contributed by atoms with Crippen LogP contribution in [0.1, 0.15) is 34.1 Å². The molecular weight excluding hydrogens is 256 g/mol. The first-order valence-corrected chi connectivity index (χ1v) is 6.91. The largest absolute Gasteiger partial charge is 0.449 e. The number of benzene rings is 1. The lowest BCUT2D eigenvalue weighted by Crippen LogP contribution is -2.40. The summed E-state index contributed by atoms with van der Waals surface area (Å²) >= 11 is 0. The molecule has 1 amide bonds. The Balaban J connectivity index is 2.07. The minimum absolute atomic E-state index is 0.142. The third-order valence-electron chi connectivity index (χ3n) is 3.48. The molecule has 1 aromatic rings. The molecule has 0 aromatic heterocycles. The maximum absolute atomic E-state index is 12.0. The van der Waals surface area contributed by atoms with Gasteiger partial charge in [0, 0.05) is 25.6 Å². The summed E-state index contributed by atoms with van der Waals surface area (Å²) in [5.41, 5.74) is 6.57. The van der Waals surface area contributed by atoms with Crippen LogP contribution in [0.4, 0.5) is 5.69 Å². The van der Waals surface area contributed by atoms with Crippen molar-refractivity contribution in [2.45, 2.75) is 45.9 Å². The number of fused-ring (bicyclic) bond motifs is 1. The molecule has 1 aliphatic heterocycles. The molecule has 0 saturated heterocycles. The van der Waals surface area contributed by atoms with Gasteiger partial charge in [0.15, 0.2) is 11.5 Å². The summed E-state index contributed by atoms with van der Waals surface area (Å²) in [5, 5.41) is 2.81. The second kappa shape index (κ2) is 5.32. The number of ether oxygens (including phenoxy) is 2. The monoisotopic (exact) mass is 278 g/mol. The second-order valence-corrected chi connectivity index (χ2v) is 5.67. The third kappa shape index (κ3) is 3.04. The van der Waals surface area contributed by atoms with Crippen LogP contribution in [0, 0.1) is 5.92 Å². The zero-order valence-corrected chi connectivity index (χ0v) is 12.4. The fourth-order valence-corrected chi connectivity index (χ4v) is 2.04. The van der Waals surface area contributed by atoms with Gasteiger partial charge in [-0.2, -0.15) is 0 Å². The van der Waals surface area contributed by atoms with E-state index in [0.717, 1.165) is 6.42 Å². The van der Waals surface area contributed by atoms with E-state index >= 15 is 0 Å². The SMILES string of the molecule is CC[C@H](C)[C@H](N)C(=O)Nc1ccc2c(c1)OC(C)(C)O2. The van der Waals surface area contributed by atoms with Crippen molar-refractivity contribution in [1.29, 1.82) is 0 Å². The number of nitrogens with one attached hydrogen (secondary N) is 1. The van der Waals surface area contributed by atoms with Crippen LogP contribution in [0.5, 0.6) is 11.5 Å². The van der Waals surface area contributed by atoms with Crippen LogP contribution >= 0.6 is 0 Å². The predicted molar refractivity (Wildman–Crippen MR) is 77.8 cm³/mol. The van der Waals surface area contributed by atoms with E-state index in [-0.39, 0.29) is 11.8 Å². The average molecular weight is 278 g/mol. The Morgan fingerprint density at radius 3 is 2.65 bits per heavy atom. The second-order valence-electron chi connectivity index (χ2n) is 5.67. The van der Waals surface area contributed by atoms with Crippen molar-refractivity contribution in [1.82, 2.24) is 0 Å². The van der Waals surface area contributed by atoms with Crippen LogP contribution in [0.25, 0.3) is 0 Å². The molecule has 5 nitrogen and oxygen atoms in total. The Hall–Kier alpha value is -1.75. The molecule has 2 atom stereocenters. The minimum Gasteiger partial charge on any atom is -0.449 e.